The minimum absolute atomic E-state index is 0.0889. The molecule has 5 rings (SSSR count). The normalized spacial score (nSPS) is 14.5. The summed E-state index contributed by atoms with van der Waals surface area (Å²) in [5, 5.41) is 12.3. The molecule has 0 aromatic heterocycles. The number of aliphatic hydroxyl groups is 1. The summed E-state index contributed by atoms with van der Waals surface area (Å²) in [5.41, 5.74) is 4.29. The Labute approximate surface area is 339 Å². The van der Waals surface area contributed by atoms with Gasteiger partial charge in [0.05, 0.1) is 10.1 Å². The number of hydrogen-bond donors (Lipinski definition) is 1. The van der Waals surface area contributed by atoms with E-state index in [0.29, 0.717) is 16.7 Å². The molecule has 56 heavy (non-hydrogen) atoms. The summed E-state index contributed by atoms with van der Waals surface area (Å²) in [6.45, 7) is 19.7. The molecule has 0 aliphatic heterocycles. The Balaban J connectivity index is 1.67. The smallest absolute Gasteiger partial charge is 0.262 e. The molecule has 6 nitrogen and oxygen atoms in total. The summed E-state index contributed by atoms with van der Waals surface area (Å²) in [5.74, 6) is 0. The number of rotatable bonds is 15. The van der Waals surface area contributed by atoms with Crippen molar-refractivity contribution in [1.29, 1.82) is 0 Å². The second kappa shape index (κ2) is 18.0. The summed E-state index contributed by atoms with van der Waals surface area (Å²) >= 11 is 1.01. The molecular formula is C47H55NO5S2Si. The number of carbonyl (C=O) groups is 1. The van der Waals surface area contributed by atoms with Gasteiger partial charge >= 0.3 is 0 Å². The maximum absolute atomic E-state index is 15.2. The lowest BCUT2D eigenvalue weighted by atomic mass is 10.1. The third-order valence-electron chi connectivity index (χ3n) is 10.4. The van der Waals surface area contributed by atoms with Crippen molar-refractivity contribution in [2.75, 3.05) is 0 Å². The van der Waals surface area contributed by atoms with Gasteiger partial charge in [-0.3, -0.25) is 4.79 Å². The lowest BCUT2D eigenvalue weighted by molar-refractivity contribution is -0.121. The number of hydrogen-bond acceptors (Lipinski definition) is 6. The largest absolute Gasteiger partial charge is 0.394 e. The Kier molecular flexibility index (Phi) is 13.8. The highest BCUT2D eigenvalue weighted by Gasteiger charge is 2.53. The van der Waals surface area contributed by atoms with Gasteiger partial charge in [0.15, 0.2) is 0 Å². The zero-order valence-electron chi connectivity index (χ0n) is 33.8. The van der Waals surface area contributed by atoms with Crippen molar-refractivity contribution >= 4 is 45.6 Å². The summed E-state index contributed by atoms with van der Waals surface area (Å²) < 4.78 is 39.0. The van der Waals surface area contributed by atoms with Crippen LogP contribution in [0.3, 0.4) is 0 Å². The minimum Gasteiger partial charge on any atom is -0.394 e. The quantitative estimate of drug-likeness (QED) is 0.0840. The number of nitrogens with zero attached hydrogens (tertiary/aromatic N) is 1. The summed E-state index contributed by atoms with van der Waals surface area (Å²) in [6.07, 6.45) is -2.65. The standard InChI is InChI=1S/C47H55NO5S2Si/c1-33(2)42(49)43(53-56(47(7,8)9,40-26-18-12-19-27-40)41-28-20-13-21-29-41)46(50)54-44(39-24-16-11-17-25-39)37(6)48(32-38-22-14-10-15-23-38)55(51,52)45-35(4)30-34(3)31-36(45)5/h10-31,37,42-44,49H,1,32H2,2-9H3/t37-,42+,43+,44-/m1/s1. The molecule has 0 aliphatic rings. The van der Waals surface area contributed by atoms with Gasteiger partial charge in [-0.1, -0.05) is 178 Å². The second-order valence-corrected chi connectivity index (χ2v) is 23.0. The van der Waals surface area contributed by atoms with Crippen LogP contribution < -0.4 is 10.4 Å². The van der Waals surface area contributed by atoms with E-state index in [-0.39, 0.29) is 11.4 Å². The summed E-state index contributed by atoms with van der Waals surface area (Å²) in [6, 6.07) is 42.1. The second-order valence-electron chi connectivity index (χ2n) is 15.8. The Hall–Kier alpha value is -4.09. The van der Waals surface area contributed by atoms with E-state index in [1.807, 2.05) is 161 Å². The fourth-order valence-corrected chi connectivity index (χ4v) is 15.8. The molecule has 0 aliphatic carbocycles. The van der Waals surface area contributed by atoms with E-state index in [9.17, 15) is 5.11 Å². The van der Waals surface area contributed by atoms with Crippen LogP contribution in [-0.4, -0.2) is 49.5 Å². The summed E-state index contributed by atoms with van der Waals surface area (Å²) in [7, 11) is -7.46. The van der Waals surface area contributed by atoms with Crippen LogP contribution in [0, 0.1) is 20.8 Å². The van der Waals surface area contributed by atoms with Gasteiger partial charge in [-0.15, -0.1) is 0 Å². The van der Waals surface area contributed by atoms with Gasteiger partial charge in [-0.25, -0.2) is 8.42 Å². The zero-order chi connectivity index (χ0) is 40.8. The maximum Gasteiger partial charge on any atom is 0.262 e. The molecule has 0 unspecified atom stereocenters. The van der Waals surface area contributed by atoms with E-state index < -0.39 is 52.0 Å². The fourth-order valence-electron chi connectivity index (χ4n) is 7.71. The van der Waals surface area contributed by atoms with Crippen molar-refractivity contribution < 1.29 is 22.7 Å². The Morgan fingerprint density at radius 2 is 1.25 bits per heavy atom. The predicted molar refractivity (Wildman–Crippen MR) is 234 cm³/mol. The van der Waals surface area contributed by atoms with Crippen LogP contribution in [-0.2, 0) is 25.8 Å². The molecule has 0 heterocycles. The number of benzene rings is 5. The van der Waals surface area contributed by atoms with Crippen molar-refractivity contribution in [1.82, 2.24) is 4.31 Å². The van der Waals surface area contributed by atoms with Crippen LogP contribution in [0.15, 0.2) is 151 Å². The molecule has 0 fully saturated rings. The molecule has 4 atom stereocenters. The average Bonchev–Trinajstić information content (AvgIpc) is 3.16. The number of aryl methyl sites for hydroxylation is 3. The molecule has 0 saturated heterocycles. The Morgan fingerprint density at radius 1 is 0.804 bits per heavy atom. The fraction of sp³-hybridized carbons (Fsp3) is 0.298. The number of sulfonamides is 1. The first-order valence-corrected chi connectivity index (χ1v) is 23.2. The van der Waals surface area contributed by atoms with E-state index in [2.05, 4.69) is 27.4 Å². The molecule has 0 saturated carbocycles. The zero-order valence-corrected chi connectivity index (χ0v) is 36.4. The molecule has 294 valence electrons. The molecule has 0 spiro atoms. The molecule has 5 aromatic carbocycles. The third-order valence-corrected chi connectivity index (χ3v) is 19.0. The molecule has 0 amide bonds. The first-order chi connectivity index (χ1) is 26.5. The first kappa shape index (κ1) is 43.0. The lowest BCUT2D eigenvalue weighted by Crippen LogP contribution is -2.69. The lowest BCUT2D eigenvalue weighted by Gasteiger charge is -2.45. The van der Waals surface area contributed by atoms with E-state index in [1.54, 1.807) is 6.92 Å². The van der Waals surface area contributed by atoms with Crippen molar-refractivity contribution in [2.45, 2.75) is 95.4 Å². The highest BCUT2D eigenvalue weighted by Crippen LogP contribution is 2.43. The van der Waals surface area contributed by atoms with Gasteiger partial charge in [0.25, 0.3) is 8.32 Å². The van der Waals surface area contributed by atoms with Gasteiger partial charge in [0.1, 0.15) is 12.2 Å². The predicted octanol–water partition coefficient (Wildman–Crippen LogP) is 9.07. The number of carbonyl (C=O) groups excluding carboxylic acids is 1. The van der Waals surface area contributed by atoms with E-state index >= 15 is 13.2 Å². The van der Waals surface area contributed by atoms with Crippen LogP contribution in [0.4, 0.5) is 0 Å². The van der Waals surface area contributed by atoms with E-state index in [0.717, 1.165) is 38.8 Å². The van der Waals surface area contributed by atoms with Crippen molar-refractivity contribution in [3.05, 3.63) is 173 Å². The van der Waals surface area contributed by atoms with Crippen molar-refractivity contribution in [3.63, 3.8) is 0 Å². The number of thioether (sulfide) groups is 1. The Morgan fingerprint density at radius 3 is 1.70 bits per heavy atom. The highest BCUT2D eigenvalue weighted by molar-refractivity contribution is 8.14. The van der Waals surface area contributed by atoms with E-state index in [1.165, 1.54) is 4.31 Å². The molecule has 9 heteroatoms. The van der Waals surface area contributed by atoms with Gasteiger partial charge < -0.3 is 9.53 Å². The molecular weight excluding hydrogens is 751 g/mol. The third kappa shape index (κ3) is 9.20. The van der Waals surface area contributed by atoms with Crippen LogP contribution in [0.2, 0.25) is 5.04 Å². The van der Waals surface area contributed by atoms with Crippen LogP contribution in [0.5, 0.6) is 0 Å². The molecule has 0 radical (unpaired) electrons. The topological polar surface area (TPSA) is 83.9 Å². The van der Waals surface area contributed by atoms with E-state index in [4.69, 9.17) is 4.43 Å². The van der Waals surface area contributed by atoms with Gasteiger partial charge in [-0.05, 0) is 77.9 Å². The van der Waals surface area contributed by atoms with Gasteiger partial charge in [0.2, 0.25) is 15.1 Å². The maximum atomic E-state index is 15.2. The Bertz CT molecular complexity index is 2150. The van der Waals surface area contributed by atoms with Crippen LogP contribution in [0.25, 0.3) is 0 Å². The van der Waals surface area contributed by atoms with Crippen molar-refractivity contribution in [3.8, 4) is 0 Å². The highest BCUT2D eigenvalue weighted by atomic mass is 32.2. The molecule has 0 bridgehead atoms. The number of aliphatic hydroxyl groups excluding tert-OH is 1. The van der Waals surface area contributed by atoms with Crippen LogP contribution in [0.1, 0.15) is 67.7 Å². The molecule has 5 aromatic rings. The first-order valence-electron chi connectivity index (χ1n) is 19.0. The van der Waals surface area contributed by atoms with Crippen LogP contribution >= 0.6 is 11.8 Å². The van der Waals surface area contributed by atoms with Gasteiger partial charge in [-0.2, -0.15) is 4.31 Å². The SMILES string of the molecule is C=C(C)[C@H](O)[C@H](O[Si](c1ccccc1)(c1ccccc1)C(C)(C)C)C(=O)S[C@@H](c1ccccc1)[C@@H](C)N(Cc1ccccc1)S(=O)(=O)c1c(C)cc(C)cc1C. The van der Waals surface area contributed by atoms with Gasteiger partial charge in [0, 0.05) is 12.6 Å². The minimum atomic E-state index is -4.11. The molecule has 1 N–H and O–H groups in total. The van der Waals surface area contributed by atoms with Crippen molar-refractivity contribution in [2.24, 2.45) is 0 Å². The average molecular weight is 806 g/mol. The monoisotopic (exact) mass is 805 g/mol. The summed E-state index contributed by atoms with van der Waals surface area (Å²) in [4.78, 5) is 15.4.